The highest BCUT2D eigenvalue weighted by atomic mass is 16.4. The molecule has 0 spiro atoms. The van der Waals surface area contributed by atoms with Gasteiger partial charge in [0.15, 0.2) is 0 Å². The third-order valence-corrected chi connectivity index (χ3v) is 3.49. The molecule has 0 aliphatic heterocycles. The topological polar surface area (TPSA) is 102 Å². The van der Waals surface area contributed by atoms with Crippen LogP contribution in [0.4, 0.5) is 0 Å². The third-order valence-electron chi connectivity index (χ3n) is 3.49. The van der Waals surface area contributed by atoms with E-state index in [1.165, 1.54) is 6.08 Å². The van der Waals surface area contributed by atoms with Gasteiger partial charge in [-0.05, 0) is 18.6 Å². The Bertz CT molecular complexity index is 579. The molecule has 1 aromatic rings. The molecular formula is C14H16NO4+. The van der Waals surface area contributed by atoms with Crippen LogP contribution in [0.2, 0.25) is 0 Å². The zero-order valence-electron chi connectivity index (χ0n) is 10.6. The molecule has 0 fully saturated rings. The quantitative estimate of drug-likeness (QED) is 0.740. The van der Waals surface area contributed by atoms with Crippen molar-refractivity contribution in [1.82, 2.24) is 0 Å². The number of hydrogen-bond donors (Lipinski definition) is 3. The number of benzene rings is 1. The number of carbonyl (C=O) groups is 2. The van der Waals surface area contributed by atoms with Crippen LogP contribution >= 0.6 is 0 Å². The second kappa shape index (κ2) is 4.51. The van der Waals surface area contributed by atoms with E-state index in [0.29, 0.717) is 0 Å². The van der Waals surface area contributed by atoms with Crippen LogP contribution in [0.25, 0.3) is 0 Å². The molecule has 5 N–H and O–H groups in total. The number of hydrogen-bond acceptors (Lipinski definition) is 2. The van der Waals surface area contributed by atoms with E-state index in [1.54, 1.807) is 0 Å². The van der Waals surface area contributed by atoms with Gasteiger partial charge in [-0.3, -0.25) is 0 Å². The average molecular weight is 262 g/mol. The first-order chi connectivity index (χ1) is 8.83. The summed E-state index contributed by atoms with van der Waals surface area (Å²) in [5, 5.41) is 18.4. The lowest BCUT2D eigenvalue weighted by Crippen LogP contribution is -2.75. The molecule has 0 unspecified atom stereocenters. The van der Waals surface area contributed by atoms with Gasteiger partial charge in [0.2, 0.25) is 5.54 Å². The molecular weight excluding hydrogens is 246 g/mol. The van der Waals surface area contributed by atoms with Crippen molar-refractivity contribution in [3.63, 3.8) is 0 Å². The highest BCUT2D eigenvalue weighted by Gasteiger charge is 2.47. The number of aryl methyl sites for hydroxylation is 1. The van der Waals surface area contributed by atoms with Gasteiger partial charge in [0.25, 0.3) is 0 Å². The molecule has 1 aromatic carbocycles. The SMILES string of the molecule is Cc1cccc([C@@H]2C[C@@]([NH3+])(C(=O)O)C=C2C(=O)O)c1. The van der Waals surface area contributed by atoms with E-state index in [-0.39, 0.29) is 12.0 Å². The van der Waals surface area contributed by atoms with Crippen molar-refractivity contribution in [2.45, 2.75) is 24.8 Å². The van der Waals surface area contributed by atoms with E-state index < -0.39 is 23.4 Å². The van der Waals surface area contributed by atoms with Crippen molar-refractivity contribution in [2.24, 2.45) is 0 Å². The number of rotatable bonds is 3. The molecule has 0 heterocycles. The van der Waals surface area contributed by atoms with E-state index in [9.17, 15) is 19.8 Å². The second-order valence-corrected chi connectivity index (χ2v) is 5.04. The highest BCUT2D eigenvalue weighted by molar-refractivity contribution is 5.93. The average Bonchev–Trinajstić information content (AvgIpc) is 2.69. The second-order valence-electron chi connectivity index (χ2n) is 5.04. The van der Waals surface area contributed by atoms with Gasteiger partial charge in [-0.2, -0.15) is 0 Å². The van der Waals surface area contributed by atoms with Crippen molar-refractivity contribution < 1.29 is 25.5 Å². The molecule has 19 heavy (non-hydrogen) atoms. The molecule has 5 nitrogen and oxygen atoms in total. The van der Waals surface area contributed by atoms with E-state index in [1.807, 2.05) is 31.2 Å². The summed E-state index contributed by atoms with van der Waals surface area (Å²) in [6, 6.07) is 7.46. The fraction of sp³-hybridized carbons (Fsp3) is 0.286. The maximum absolute atomic E-state index is 11.3. The predicted molar refractivity (Wildman–Crippen MR) is 67.5 cm³/mol. The van der Waals surface area contributed by atoms with Crippen LogP contribution in [0.3, 0.4) is 0 Å². The van der Waals surface area contributed by atoms with Crippen LogP contribution in [0.1, 0.15) is 23.5 Å². The lowest BCUT2D eigenvalue weighted by Gasteiger charge is -2.16. The standard InChI is InChI=1S/C14H15NO4/c1-8-3-2-4-9(5-8)10-6-14(15,13(18)19)7-11(10)12(16)17/h2-5,7,10H,6,15H2,1H3,(H,16,17)(H,18,19)/p+1/t10-,14-/m0/s1. The minimum Gasteiger partial charge on any atom is -0.478 e. The van der Waals surface area contributed by atoms with E-state index in [2.05, 4.69) is 5.73 Å². The molecule has 5 heteroatoms. The van der Waals surface area contributed by atoms with Gasteiger partial charge in [-0.15, -0.1) is 0 Å². The fourth-order valence-corrected chi connectivity index (χ4v) is 2.48. The van der Waals surface area contributed by atoms with Crippen LogP contribution in [0.15, 0.2) is 35.9 Å². The van der Waals surface area contributed by atoms with Gasteiger partial charge >= 0.3 is 11.9 Å². The highest BCUT2D eigenvalue weighted by Crippen LogP contribution is 2.39. The molecule has 2 atom stereocenters. The normalized spacial score (nSPS) is 26.0. The van der Waals surface area contributed by atoms with Crippen molar-refractivity contribution in [2.75, 3.05) is 0 Å². The summed E-state index contributed by atoms with van der Waals surface area (Å²) in [6.07, 6.45) is 1.44. The summed E-state index contributed by atoms with van der Waals surface area (Å²) < 4.78 is 0. The molecule has 0 radical (unpaired) electrons. The number of quaternary nitrogens is 1. The summed E-state index contributed by atoms with van der Waals surface area (Å²) in [5.74, 6) is -2.61. The molecule has 2 rings (SSSR count). The first kappa shape index (κ1) is 13.3. The minimum absolute atomic E-state index is 0.114. The zero-order valence-corrected chi connectivity index (χ0v) is 10.6. The summed E-state index contributed by atoms with van der Waals surface area (Å²) in [5.41, 5.74) is 4.25. The van der Waals surface area contributed by atoms with Crippen LogP contribution in [-0.2, 0) is 9.59 Å². The van der Waals surface area contributed by atoms with E-state index in [4.69, 9.17) is 0 Å². The summed E-state index contributed by atoms with van der Waals surface area (Å²) in [7, 11) is 0. The summed E-state index contributed by atoms with van der Waals surface area (Å²) >= 11 is 0. The van der Waals surface area contributed by atoms with Gasteiger partial charge in [-0.1, -0.05) is 29.8 Å². The van der Waals surface area contributed by atoms with Crippen LogP contribution in [0.5, 0.6) is 0 Å². The van der Waals surface area contributed by atoms with Crippen LogP contribution in [-0.4, -0.2) is 27.7 Å². The smallest absolute Gasteiger partial charge is 0.369 e. The van der Waals surface area contributed by atoms with Crippen molar-refractivity contribution >= 4 is 11.9 Å². The van der Waals surface area contributed by atoms with E-state index >= 15 is 0 Å². The Labute approximate surface area is 110 Å². The van der Waals surface area contributed by atoms with Gasteiger partial charge < -0.3 is 15.9 Å². The first-order valence-electron chi connectivity index (χ1n) is 5.95. The van der Waals surface area contributed by atoms with Crippen molar-refractivity contribution in [3.05, 3.63) is 47.0 Å². The number of carboxylic acid groups (broad SMARTS) is 2. The Morgan fingerprint density at radius 2 is 2.05 bits per heavy atom. The number of aliphatic carboxylic acids is 2. The fourth-order valence-electron chi connectivity index (χ4n) is 2.48. The molecule has 1 aliphatic carbocycles. The molecule has 0 amide bonds. The van der Waals surface area contributed by atoms with Gasteiger partial charge in [0, 0.05) is 17.9 Å². The summed E-state index contributed by atoms with van der Waals surface area (Å²) in [6.45, 7) is 1.91. The van der Waals surface area contributed by atoms with Gasteiger partial charge in [-0.25, -0.2) is 9.59 Å². The molecule has 100 valence electrons. The molecule has 0 saturated heterocycles. The Balaban J connectivity index is 2.45. The minimum atomic E-state index is -1.36. The Kier molecular flexibility index (Phi) is 3.16. The van der Waals surface area contributed by atoms with Crippen molar-refractivity contribution in [3.8, 4) is 0 Å². The lowest BCUT2D eigenvalue weighted by atomic mass is 9.88. The molecule has 0 bridgehead atoms. The van der Waals surface area contributed by atoms with Crippen LogP contribution < -0.4 is 5.73 Å². The Hall–Kier alpha value is -2.14. The Morgan fingerprint density at radius 1 is 1.37 bits per heavy atom. The van der Waals surface area contributed by atoms with Gasteiger partial charge in [0.1, 0.15) is 0 Å². The monoisotopic (exact) mass is 262 g/mol. The van der Waals surface area contributed by atoms with E-state index in [0.717, 1.165) is 11.1 Å². The van der Waals surface area contributed by atoms with Gasteiger partial charge in [0.05, 0.1) is 0 Å². The maximum atomic E-state index is 11.3. The molecule has 0 saturated carbocycles. The largest absolute Gasteiger partial charge is 0.478 e. The lowest BCUT2D eigenvalue weighted by molar-refractivity contribution is -0.444. The third kappa shape index (κ3) is 2.37. The molecule has 1 aliphatic rings. The van der Waals surface area contributed by atoms with Crippen LogP contribution in [0, 0.1) is 6.92 Å². The maximum Gasteiger partial charge on any atom is 0.369 e. The predicted octanol–water partition coefficient (Wildman–Crippen LogP) is 0.559. The number of carboxylic acids is 2. The zero-order chi connectivity index (χ0) is 14.2. The molecule has 0 aromatic heterocycles. The Morgan fingerprint density at radius 3 is 2.58 bits per heavy atom. The first-order valence-corrected chi connectivity index (χ1v) is 5.95. The van der Waals surface area contributed by atoms with Crippen molar-refractivity contribution in [1.29, 1.82) is 0 Å². The summed E-state index contributed by atoms with van der Waals surface area (Å²) in [4.78, 5) is 22.5.